The molecule has 0 spiro atoms. The van der Waals surface area contributed by atoms with E-state index < -0.39 is 0 Å². The molecule has 2 N–H and O–H groups in total. The molecule has 0 aliphatic heterocycles. The van der Waals surface area contributed by atoms with Crippen molar-refractivity contribution in [3.8, 4) is 0 Å². The Morgan fingerprint density at radius 1 is 1.00 bits per heavy atom. The number of nitrogens with one attached hydrogen (secondary N) is 2. The van der Waals surface area contributed by atoms with Gasteiger partial charge in [0.2, 0.25) is 5.91 Å². The lowest BCUT2D eigenvalue weighted by Gasteiger charge is -2.16. The molecule has 0 aromatic rings. The first-order valence-electron chi connectivity index (χ1n) is 6.67. The molecule has 0 radical (unpaired) electrons. The summed E-state index contributed by atoms with van der Waals surface area (Å²) < 4.78 is 0. The predicted octanol–water partition coefficient (Wildman–Crippen LogP) is 2.32. The molecule has 0 aliphatic rings. The van der Waals surface area contributed by atoms with Crippen molar-refractivity contribution in [1.29, 1.82) is 0 Å². The molecule has 96 valence electrons. The number of hydrogen-bond acceptors (Lipinski definition) is 2. The molecular weight excluding hydrogens is 200 g/mol. The van der Waals surface area contributed by atoms with Gasteiger partial charge in [-0.3, -0.25) is 4.79 Å². The molecule has 1 amide bonds. The van der Waals surface area contributed by atoms with E-state index in [4.69, 9.17) is 0 Å². The maximum atomic E-state index is 11.6. The Hall–Kier alpha value is -0.570. The smallest absolute Gasteiger partial charge is 0.234 e. The van der Waals surface area contributed by atoms with Gasteiger partial charge in [0.1, 0.15) is 0 Å². The van der Waals surface area contributed by atoms with E-state index in [0.717, 1.165) is 19.4 Å². The molecule has 0 atom stereocenters. The summed E-state index contributed by atoms with van der Waals surface area (Å²) in [5, 5.41) is 6.25. The van der Waals surface area contributed by atoms with Crippen molar-refractivity contribution in [2.24, 2.45) is 5.92 Å². The van der Waals surface area contributed by atoms with E-state index in [9.17, 15) is 4.79 Å². The minimum Gasteiger partial charge on any atom is -0.352 e. The third kappa shape index (κ3) is 6.83. The lowest BCUT2D eigenvalue weighted by atomic mass is 10.0. The predicted molar refractivity (Wildman–Crippen MR) is 69.5 cm³/mol. The van der Waals surface area contributed by atoms with Crippen LogP contribution in [0.5, 0.6) is 0 Å². The molecule has 3 nitrogen and oxygen atoms in total. The van der Waals surface area contributed by atoms with Crippen molar-refractivity contribution < 1.29 is 4.79 Å². The minimum absolute atomic E-state index is 0.125. The summed E-state index contributed by atoms with van der Waals surface area (Å²) in [5.74, 6) is 0.820. The van der Waals surface area contributed by atoms with Crippen molar-refractivity contribution >= 4 is 5.91 Å². The Kier molecular flexibility index (Phi) is 9.30. The molecular formula is C13H28N2O. The van der Waals surface area contributed by atoms with E-state index in [-0.39, 0.29) is 5.91 Å². The maximum absolute atomic E-state index is 11.6. The van der Waals surface area contributed by atoms with Gasteiger partial charge in [0.05, 0.1) is 6.54 Å². The van der Waals surface area contributed by atoms with Crippen LogP contribution < -0.4 is 10.6 Å². The Morgan fingerprint density at radius 2 is 1.56 bits per heavy atom. The quantitative estimate of drug-likeness (QED) is 0.636. The fraction of sp³-hybridized carbons (Fsp3) is 0.923. The van der Waals surface area contributed by atoms with Gasteiger partial charge in [0.25, 0.3) is 0 Å². The Balaban J connectivity index is 3.64. The summed E-state index contributed by atoms with van der Waals surface area (Å²) in [5.41, 5.74) is 0. The molecule has 0 aliphatic carbocycles. The van der Waals surface area contributed by atoms with Crippen molar-refractivity contribution in [3.63, 3.8) is 0 Å². The van der Waals surface area contributed by atoms with E-state index in [0.29, 0.717) is 18.5 Å². The van der Waals surface area contributed by atoms with E-state index in [2.05, 4.69) is 38.3 Å². The van der Waals surface area contributed by atoms with Crippen molar-refractivity contribution in [3.05, 3.63) is 0 Å². The number of carbonyl (C=O) groups is 1. The fourth-order valence-electron chi connectivity index (χ4n) is 1.74. The lowest BCUT2D eigenvalue weighted by molar-refractivity contribution is -0.121. The number of amides is 1. The average molecular weight is 228 g/mol. The van der Waals surface area contributed by atoms with Crippen LogP contribution in [0.2, 0.25) is 0 Å². The van der Waals surface area contributed by atoms with Crippen LogP contribution in [0.4, 0.5) is 0 Å². The second-order valence-electron chi connectivity index (χ2n) is 4.39. The minimum atomic E-state index is 0.125. The topological polar surface area (TPSA) is 41.1 Å². The monoisotopic (exact) mass is 228 g/mol. The van der Waals surface area contributed by atoms with Gasteiger partial charge in [-0.05, 0) is 25.3 Å². The largest absolute Gasteiger partial charge is 0.352 e. The van der Waals surface area contributed by atoms with Crippen LogP contribution in [0.1, 0.15) is 53.4 Å². The summed E-state index contributed by atoms with van der Waals surface area (Å²) in [7, 11) is 0. The summed E-state index contributed by atoms with van der Waals surface area (Å²) in [4.78, 5) is 11.6. The molecule has 0 heterocycles. The molecule has 0 aromatic carbocycles. The van der Waals surface area contributed by atoms with E-state index in [1.54, 1.807) is 0 Å². The van der Waals surface area contributed by atoms with Crippen LogP contribution in [0, 0.1) is 5.92 Å². The van der Waals surface area contributed by atoms with Crippen LogP contribution in [0.25, 0.3) is 0 Å². The fourth-order valence-corrected chi connectivity index (χ4v) is 1.74. The van der Waals surface area contributed by atoms with Crippen molar-refractivity contribution in [2.75, 3.05) is 13.1 Å². The van der Waals surface area contributed by atoms with Crippen molar-refractivity contribution in [2.45, 2.75) is 59.4 Å². The normalized spacial score (nSPS) is 11.1. The summed E-state index contributed by atoms with van der Waals surface area (Å²) >= 11 is 0. The van der Waals surface area contributed by atoms with Gasteiger partial charge >= 0.3 is 0 Å². The van der Waals surface area contributed by atoms with Crippen LogP contribution in [0.3, 0.4) is 0 Å². The number of hydrogen-bond donors (Lipinski definition) is 2. The average Bonchev–Trinajstić information content (AvgIpc) is 2.31. The third-order valence-corrected chi connectivity index (χ3v) is 3.22. The Bertz CT molecular complexity index is 175. The van der Waals surface area contributed by atoms with Gasteiger partial charge in [-0.15, -0.1) is 0 Å². The second-order valence-corrected chi connectivity index (χ2v) is 4.39. The molecule has 16 heavy (non-hydrogen) atoms. The molecule has 0 unspecified atom stereocenters. The van der Waals surface area contributed by atoms with Crippen LogP contribution in [-0.4, -0.2) is 25.0 Å². The van der Waals surface area contributed by atoms with Gasteiger partial charge in [-0.2, -0.15) is 0 Å². The van der Waals surface area contributed by atoms with Gasteiger partial charge < -0.3 is 10.6 Å². The first kappa shape index (κ1) is 15.4. The highest BCUT2D eigenvalue weighted by Crippen LogP contribution is 2.04. The van der Waals surface area contributed by atoms with Crippen LogP contribution >= 0.6 is 0 Å². The van der Waals surface area contributed by atoms with Crippen LogP contribution in [0.15, 0.2) is 0 Å². The van der Waals surface area contributed by atoms with E-state index in [1.807, 2.05) is 0 Å². The number of carbonyl (C=O) groups excluding carboxylic acids is 1. The Morgan fingerprint density at radius 3 is 2.00 bits per heavy atom. The summed E-state index contributed by atoms with van der Waals surface area (Å²) in [6.45, 7) is 9.99. The molecule has 0 rings (SSSR count). The van der Waals surface area contributed by atoms with Crippen molar-refractivity contribution in [1.82, 2.24) is 10.6 Å². The zero-order chi connectivity index (χ0) is 12.4. The summed E-state index contributed by atoms with van der Waals surface area (Å²) in [6.07, 6.45) is 4.37. The molecule has 0 fully saturated rings. The van der Waals surface area contributed by atoms with Gasteiger partial charge in [0.15, 0.2) is 0 Å². The highest BCUT2D eigenvalue weighted by atomic mass is 16.1. The zero-order valence-electron chi connectivity index (χ0n) is 11.3. The van der Waals surface area contributed by atoms with E-state index in [1.165, 1.54) is 12.8 Å². The molecule has 0 saturated heterocycles. The summed E-state index contributed by atoms with van der Waals surface area (Å²) in [6, 6.07) is 0.336. The maximum Gasteiger partial charge on any atom is 0.234 e. The highest BCUT2D eigenvalue weighted by molar-refractivity contribution is 5.78. The molecule has 0 saturated carbocycles. The zero-order valence-corrected chi connectivity index (χ0v) is 11.3. The third-order valence-electron chi connectivity index (χ3n) is 3.22. The number of rotatable bonds is 9. The first-order valence-corrected chi connectivity index (χ1v) is 6.67. The van der Waals surface area contributed by atoms with Crippen LogP contribution in [-0.2, 0) is 4.79 Å². The Labute approximate surface area is 100 Å². The van der Waals surface area contributed by atoms with Gasteiger partial charge in [0, 0.05) is 6.04 Å². The molecule has 0 bridgehead atoms. The lowest BCUT2D eigenvalue weighted by Crippen LogP contribution is -2.40. The molecule has 0 aromatic heterocycles. The first-order chi connectivity index (χ1) is 7.67. The van der Waals surface area contributed by atoms with E-state index >= 15 is 0 Å². The SMILES string of the molecule is CCC(CC)CNCC(=O)NC(CC)CC. The van der Waals surface area contributed by atoms with Gasteiger partial charge in [-0.1, -0.05) is 40.5 Å². The van der Waals surface area contributed by atoms with Gasteiger partial charge in [-0.25, -0.2) is 0 Å². The molecule has 3 heteroatoms. The standard InChI is InChI=1S/C13H28N2O/c1-5-11(6-2)9-14-10-13(16)15-12(7-3)8-4/h11-12,14H,5-10H2,1-4H3,(H,15,16). The second kappa shape index (κ2) is 9.64. The highest BCUT2D eigenvalue weighted by Gasteiger charge is 2.08.